The maximum absolute atomic E-state index is 12.0. The van der Waals surface area contributed by atoms with E-state index >= 15 is 0 Å². The number of guanidine groups is 1. The molecule has 1 amide bonds. The average Bonchev–Trinajstić information content (AvgIpc) is 2.47. The zero-order valence-corrected chi connectivity index (χ0v) is 15.9. The monoisotopic (exact) mass is 334 g/mol. The zero-order valence-electron chi connectivity index (χ0n) is 15.9. The van der Waals surface area contributed by atoms with Crippen LogP contribution in [0.3, 0.4) is 0 Å². The Bertz CT molecular complexity index is 559. The topological polar surface area (TPSA) is 57.2 Å². The van der Waals surface area contributed by atoms with Crippen LogP contribution in [0.1, 0.15) is 31.9 Å². The largest absolute Gasteiger partial charge is 0.444 e. The maximum atomic E-state index is 12.0. The fourth-order valence-electron chi connectivity index (χ4n) is 2.06. The molecule has 0 aliphatic heterocycles. The molecule has 1 rings (SSSR count). The van der Waals surface area contributed by atoms with Gasteiger partial charge in [0.1, 0.15) is 5.60 Å². The normalized spacial score (nSPS) is 11.9. The van der Waals surface area contributed by atoms with Crippen molar-refractivity contribution in [2.45, 2.75) is 39.5 Å². The molecule has 0 heterocycles. The number of aliphatic imine (C=N–C) groups is 1. The number of hydrogen-bond donors (Lipinski definition) is 1. The number of carbonyl (C=O) groups excluding carboxylic acids is 1. The minimum atomic E-state index is -0.480. The third kappa shape index (κ3) is 6.89. The Kier molecular flexibility index (Phi) is 7.07. The van der Waals surface area contributed by atoms with E-state index in [0.717, 1.165) is 17.1 Å². The highest BCUT2D eigenvalue weighted by Gasteiger charge is 2.19. The number of nitrogens with zero attached hydrogens (tertiary/aromatic N) is 3. The molecule has 0 spiro atoms. The molecule has 24 heavy (non-hydrogen) atoms. The molecule has 0 saturated heterocycles. The van der Waals surface area contributed by atoms with Gasteiger partial charge in [-0.1, -0.05) is 24.3 Å². The van der Waals surface area contributed by atoms with E-state index in [9.17, 15) is 4.79 Å². The second-order valence-corrected chi connectivity index (χ2v) is 6.95. The predicted molar refractivity (Wildman–Crippen MR) is 98.0 cm³/mol. The highest BCUT2D eigenvalue weighted by Crippen LogP contribution is 2.12. The second-order valence-electron chi connectivity index (χ2n) is 6.95. The van der Waals surface area contributed by atoms with E-state index in [0.29, 0.717) is 13.1 Å². The first kappa shape index (κ1) is 19.8. The van der Waals surface area contributed by atoms with Crippen molar-refractivity contribution in [3.8, 4) is 0 Å². The van der Waals surface area contributed by atoms with E-state index in [2.05, 4.69) is 10.3 Å². The molecule has 0 fully saturated rings. The lowest BCUT2D eigenvalue weighted by Gasteiger charge is -2.24. The Morgan fingerprint density at radius 1 is 1.12 bits per heavy atom. The molecule has 1 aromatic rings. The lowest BCUT2D eigenvalue weighted by atomic mass is 10.1. The molecule has 0 saturated carbocycles. The number of amides is 1. The number of ether oxygens (including phenoxy) is 1. The fourth-order valence-corrected chi connectivity index (χ4v) is 2.06. The number of hydrogen-bond acceptors (Lipinski definition) is 3. The van der Waals surface area contributed by atoms with Crippen LogP contribution < -0.4 is 5.32 Å². The minimum Gasteiger partial charge on any atom is -0.444 e. The summed E-state index contributed by atoms with van der Waals surface area (Å²) in [6.45, 7) is 6.81. The Hall–Kier alpha value is -2.24. The Morgan fingerprint density at radius 2 is 1.67 bits per heavy atom. The van der Waals surface area contributed by atoms with Crippen LogP contribution in [0.2, 0.25) is 0 Å². The molecule has 134 valence electrons. The van der Waals surface area contributed by atoms with Gasteiger partial charge in [0.2, 0.25) is 0 Å². The molecule has 6 heteroatoms. The first-order valence-electron chi connectivity index (χ1n) is 8.02. The standard InChI is InChI=1S/C18H30N4O2/c1-18(2,3)24-17(23)22(7)13-15-10-8-14(9-11-15)12-20-16(19-4)21(5)6/h8-11H,12-13H2,1-7H3,(H,19,20). The molecule has 1 N–H and O–H groups in total. The van der Waals surface area contributed by atoms with Crippen LogP contribution in [0.4, 0.5) is 4.79 Å². The van der Waals surface area contributed by atoms with Crippen LogP contribution in [-0.2, 0) is 17.8 Å². The van der Waals surface area contributed by atoms with Gasteiger partial charge in [0, 0.05) is 41.3 Å². The van der Waals surface area contributed by atoms with Gasteiger partial charge >= 0.3 is 6.09 Å². The lowest BCUT2D eigenvalue weighted by molar-refractivity contribution is 0.0285. The molecule has 0 unspecified atom stereocenters. The molecule has 0 bridgehead atoms. The molecule has 0 radical (unpaired) electrons. The van der Waals surface area contributed by atoms with Gasteiger partial charge in [-0.05, 0) is 31.9 Å². The van der Waals surface area contributed by atoms with E-state index < -0.39 is 5.60 Å². The molecule has 0 aliphatic carbocycles. The summed E-state index contributed by atoms with van der Waals surface area (Å²) < 4.78 is 5.35. The smallest absolute Gasteiger partial charge is 0.410 e. The Morgan fingerprint density at radius 3 is 2.12 bits per heavy atom. The Balaban J connectivity index is 2.57. The molecule has 0 atom stereocenters. The van der Waals surface area contributed by atoms with Gasteiger partial charge in [-0.3, -0.25) is 4.99 Å². The summed E-state index contributed by atoms with van der Waals surface area (Å²) in [5, 5.41) is 3.28. The van der Waals surface area contributed by atoms with Crippen molar-refractivity contribution in [2.75, 3.05) is 28.2 Å². The maximum Gasteiger partial charge on any atom is 0.410 e. The third-order valence-electron chi connectivity index (χ3n) is 3.23. The SMILES string of the molecule is CN=C(NCc1ccc(CN(C)C(=O)OC(C)(C)C)cc1)N(C)C. The van der Waals surface area contributed by atoms with Crippen LogP contribution in [0.15, 0.2) is 29.3 Å². The fraction of sp³-hybridized carbons (Fsp3) is 0.556. The van der Waals surface area contributed by atoms with Crippen molar-refractivity contribution in [3.63, 3.8) is 0 Å². The van der Waals surface area contributed by atoms with Crippen molar-refractivity contribution >= 4 is 12.1 Å². The van der Waals surface area contributed by atoms with E-state index in [1.165, 1.54) is 0 Å². The Labute approximate surface area is 145 Å². The van der Waals surface area contributed by atoms with Crippen LogP contribution >= 0.6 is 0 Å². The van der Waals surface area contributed by atoms with Crippen molar-refractivity contribution in [1.29, 1.82) is 0 Å². The summed E-state index contributed by atoms with van der Waals surface area (Å²) >= 11 is 0. The summed E-state index contributed by atoms with van der Waals surface area (Å²) in [6, 6.07) is 8.15. The average molecular weight is 334 g/mol. The van der Waals surface area contributed by atoms with Crippen molar-refractivity contribution in [2.24, 2.45) is 4.99 Å². The van der Waals surface area contributed by atoms with E-state index in [4.69, 9.17) is 4.74 Å². The minimum absolute atomic E-state index is 0.317. The highest BCUT2D eigenvalue weighted by molar-refractivity contribution is 5.79. The summed E-state index contributed by atoms with van der Waals surface area (Å²) in [5.74, 6) is 0.837. The van der Waals surface area contributed by atoms with Gasteiger partial charge in [-0.2, -0.15) is 0 Å². The van der Waals surface area contributed by atoms with Crippen LogP contribution in [0.25, 0.3) is 0 Å². The highest BCUT2D eigenvalue weighted by atomic mass is 16.6. The summed E-state index contributed by atoms with van der Waals surface area (Å²) in [6.07, 6.45) is -0.317. The molecular formula is C18H30N4O2. The molecule has 0 aliphatic rings. The lowest BCUT2D eigenvalue weighted by Crippen LogP contribution is -2.35. The van der Waals surface area contributed by atoms with Gasteiger partial charge in [0.05, 0.1) is 0 Å². The number of carbonyl (C=O) groups is 1. The number of nitrogens with one attached hydrogen (secondary N) is 1. The van der Waals surface area contributed by atoms with E-state index in [-0.39, 0.29) is 6.09 Å². The van der Waals surface area contributed by atoms with Crippen molar-refractivity contribution < 1.29 is 9.53 Å². The van der Waals surface area contributed by atoms with Gasteiger partial charge < -0.3 is 19.9 Å². The van der Waals surface area contributed by atoms with E-state index in [1.54, 1.807) is 19.0 Å². The number of benzene rings is 1. The van der Waals surface area contributed by atoms with E-state index in [1.807, 2.05) is 64.0 Å². The van der Waals surface area contributed by atoms with Crippen LogP contribution in [0, 0.1) is 0 Å². The van der Waals surface area contributed by atoms with Crippen molar-refractivity contribution in [3.05, 3.63) is 35.4 Å². The van der Waals surface area contributed by atoms with Crippen molar-refractivity contribution in [1.82, 2.24) is 15.1 Å². The van der Waals surface area contributed by atoms with Gasteiger partial charge in [0.15, 0.2) is 5.96 Å². The van der Waals surface area contributed by atoms with Gasteiger partial charge in [0.25, 0.3) is 0 Å². The molecule has 0 aromatic heterocycles. The molecular weight excluding hydrogens is 304 g/mol. The zero-order chi connectivity index (χ0) is 18.3. The summed E-state index contributed by atoms with van der Waals surface area (Å²) in [7, 11) is 7.40. The van der Waals surface area contributed by atoms with Gasteiger partial charge in [-0.25, -0.2) is 4.79 Å². The molecule has 6 nitrogen and oxygen atoms in total. The summed E-state index contributed by atoms with van der Waals surface area (Å²) in [4.78, 5) is 19.7. The predicted octanol–water partition coefficient (Wildman–Crippen LogP) is 2.69. The second kappa shape index (κ2) is 8.57. The summed E-state index contributed by atoms with van der Waals surface area (Å²) in [5.41, 5.74) is 1.73. The third-order valence-corrected chi connectivity index (χ3v) is 3.23. The first-order chi connectivity index (χ1) is 11.1. The first-order valence-corrected chi connectivity index (χ1v) is 8.02. The van der Waals surface area contributed by atoms with Crippen LogP contribution in [-0.4, -0.2) is 55.6 Å². The number of rotatable bonds is 4. The molecule has 1 aromatic carbocycles. The van der Waals surface area contributed by atoms with Crippen LogP contribution in [0.5, 0.6) is 0 Å². The van der Waals surface area contributed by atoms with Gasteiger partial charge in [-0.15, -0.1) is 0 Å². The quantitative estimate of drug-likeness (QED) is 0.679.